The molecule has 0 fully saturated rings. The molecule has 0 aliphatic carbocycles. The monoisotopic (exact) mass is 250 g/mol. The predicted octanol–water partition coefficient (Wildman–Crippen LogP) is 2.26. The van der Waals surface area contributed by atoms with Crippen molar-refractivity contribution >= 4 is 0 Å². The molecule has 0 radical (unpaired) electrons. The van der Waals surface area contributed by atoms with Crippen molar-refractivity contribution in [1.29, 1.82) is 0 Å². The number of hydrogen-bond acceptors (Lipinski definition) is 3. The van der Waals surface area contributed by atoms with E-state index in [1.807, 2.05) is 14.0 Å². The molecule has 0 saturated heterocycles. The van der Waals surface area contributed by atoms with Crippen molar-refractivity contribution in [1.82, 2.24) is 10.2 Å². The van der Waals surface area contributed by atoms with Crippen LogP contribution in [0, 0.1) is 0 Å². The SMILES string of the molecule is CCOCCN(CC)Cc1cccc(CNC)c1. The maximum Gasteiger partial charge on any atom is 0.0593 e. The van der Waals surface area contributed by atoms with Crippen LogP contribution in [0.1, 0.15) is 25.0 Å². The zero-order valence-electron chi connectivity index (χ0n) is 11.9. The van der Waals surface area contributed by atoms with Crippen molar-refractivity contribution in [2.24, 2.45) is 0 Å². The topological polar surface area (TPSA) is 24.5 Å². The summed E-state index contributed by atoms with van der Waals surface area (Å²) < 4.78 is 5.41. The average Bonchev–Trinajstić information content (AvgIpc) is 2.38. The second kappa shape index (κ2) is 9.09. The predicted molar refractivity (Wildman–Crippen MR) is 76.6 cm³/mol. The van der Waals surface area contributed by atoms with Gasteiger partial charge in [0.15, 0.2) is 0 Å². The molecule has 1 N–H and O–H groups in total. The smallest absolute Gasteiger partial charge is 0.0593 e. The Morgan fingerprint density at radius 1 is 1.22 bits per heavy atom. The third-order valence-electron chi connectivity index (χ3n) is 2.98. The van der Waals surface area contributed by atoms with Gasteiger partial charge in [-0.05, 0) is 31.6 Å². The van der Waals surface area contributed by atoms with Gasteiger partial charge in [0.2, 0.25) is 0 Å². The van der Waals surface area contributed by atoms with Gasteiger partial charge >= 0.3 is 0 Å². The average molecular weight is 250 g/mol. The standard InChI is InChI=1S/C15H26N2O/c1-4-17(9-10-18-5-2)13-15-8-6-7-14(11-15)12-16-3/h6-8,11,16H,4-5,9-10,12-13H2,1-3H3. The lowest BCUT2D eigenvalue weighted by Gasteiger charge is -2.20. The second-order valence-corrected chi connectivity index (χ2v) is 4.42. The van der Waals surface area contributed by atoms with Crippen LogP contribution in [0.25, 0.3) is 0 Å². The normalized spacial score (nSPS) is 11.1. The van der Waals surface area contributed by atoms with E-state index in [4.69, 9.17) is 4.74 Å². The summed E-state index contributed by atoms with van der Waals surface area (Å²) in [5.41, 5.74) is 2.72. The van der Waals surface area contributed by atoms with Crippen molar-refractivity contribution in [2.75, 3.05) is 33.4 Å². The number of nitrogens with zero attached hydrogens (tertiary/aromatic N) is 1. The van der Waals surface area contributed by atoms with Gasteiger partial charge in [-0.3, -0.25) is 4.90 Å². The highest BCUT2D eigenvalue weighted by Crippen LogP contribution is 2.08. The molecule has 0 bridgehead atoms. The molecular weight excluding hydrogens is 224 g/mol. The highest BCUT2D eigenvalue weighted by molar-refractivity contribution is 5.23. The van der Waals surface area contributed by atoms with Crippen LogP contribution < -0.4 is 5.32 Å². The molecule has 0 aromatic heterocycles. The van der Waals surface area contributed by atoms with Crippen molar-refractivity contribution in [3.05, 3.63) is 35.4 Å². The van der Waals surface area contributed by atoms with Gasteiger partial charge in [-0.1, -0.05) is 31.2 Å². The van der Waals surface area contributed by atoms with Crippen LogP contribution in [0.2, 0.25) is 0 Å². The lowest BCUT2D eigenvalue weighted by atomic mass is 10.1. The quantitative estimate of drug-likeness (QED) is 0.680. The molecule has 1 aromatic carbocycles. The Kier molecular flexibility index (Phi) is 7.65. The minimum Gasteiger partial charge on any atom is -0.380 e. The Balaban J connectivity index is 2.49. The number of hydrogen-bond donors (Lipinski definition) is 1. The van der Waals surface area contributed by atoms with Crippen LogP contribution in [0.15, 0.2) is 24.3 Å². The van der Waals surface area contributed by atoms with Crippen molar-refractivity contribution in [2.45, 2.75) is 26.9 Å². The molecule has 0 aliphatic rings. The maximum absolute atomic E-state index is 5.41. The van der Waals surface area contributed by atoms with Crippen LogP contribution in [0.3, 0.4) is 0 Å². The van der Waals surface area contributed by atoms with Crippen molar-refractivity contribution in [3.63, 3.8) is 0 Å². The molecule has 0 atom stereocenters. The van der Waals surface area contributed by atoms with Gasteiger partial charge in [0.25, 0.3) is 0 Å². The number of ether oxygens (including phenoxy) is 1. The van der Waals surface area contributed by atoms with E-state index in [1.54, 1.807) is 0 Å². The molecule has 0 unspecified atom stereocenters. The summed E-state index contributed by atoms with van der Waals surface area (Å²) >= 11 is 0. The molecule has 0 heterocycles. The van der Waals surface area contributed by atoms with Crippen molar-refractivity contribution < 1.29 is 4.74 Å². The van der Waals surface area contributed by atoms with Gasteiger partial charge < -0.3 is 10.1 Å². The fourth-order valence-corrected chi connectivity index (χ4v) is 1.99. The Morgan fingerprint density at radius 3 is 2.67 bits per heavy atom. The number of rotatable bonds is 9. The van der Waals surface area contributed by atoms with Gasteiger partial charge in [0, 0.05) is 26.2 Å². The zero-order valence-corrected chi connectivity index (χ0v) is 11.9. The highest BCUT2D eigenvalue weighted by Gasteiger charge is 2.04. The van der Waals surface area contributed by atoms with E-state index in [-0.39, 0.29) is 0 Å². The van der Waals surface area contributed by atoms with Crippen LogP contribution in [0.5, 0.6) is 0 Å². The third-order valence-corrected chi connectivity index (χ3v) is 2.98. The Hall–Kier alpha value is -0.900. The summed E-state index contributed by atoms with van der Waals surface area (Å²) in [6.45, 7) is 9.85. The second-order valence-electron chi connectivity index (χ2n) is 4.42. The highest BCUT2D eigenvalue weighted by atomic mass is 16.5. The van der Waals surface area contributed by atoms with Gasteiger partial charge in [0.1, 0.15) is 0 Å². The Morgan fingerprint density at radius 2 is 2.00 bits per heavy atom. The fourth-order valence-electron chi connectivity index (χ4n) is 1.99. The molecule has 0 saturated carbocycles. The summed E-state index contributed by atoms with van der Waals surface area (Å²) in [5, 5.41) is 3.19. The molecule has 0 amide bonds. The van der Waals surface area contributed by atoms with Crippen LogP contribution in [-0.2, 0) is 17.8 Å². The van der Waals surface area contributed by atoms with E-state index in [0.717, 1.165) is 39.4 Å². The molecule has 0 spiro atoms. The van der Waals surface area contributed by atoms with E-state index in [0.29, 0.717) is 0 Å². The fraction of sp³-hybridized carbons (Fsp3) is 0.600. The van der Waals surface area contributed by atoms with Crippen LogP contribution >= 0.6 is 0 Å². The van der Waals surface area contributed by atoms with Gasteiger partial charge in [-0.15, -0.1) is 0 Å². The number of nitrogens with one attached hydrogen (secondary N) is 1. The number of likely N-dealkylation sites (N-methyl/N-ethyl adjacent to an activating group) is 1. The summed E-state index contributed by atoms with van der Waals surface area (Å²) in [6.07, 6.45) is 0. The largest absolute Gasteiger partial charge is 0.380 e. The minimum absolute atomic E-state index is 0.801. The van der Waals surface area contributed by atoms with Gasteiger partial charge in [-0.2, -0.15) is 0 Å². The summed E-state index contributed by atoms with van der Waals surface area (Å²) in [5.74, 6) is 0. The lowest BCUT2D eigenvalue weighted by Crippen LogP contribution is -2.27. The first-order chi connectivity index (χ1) is 8.80. The minimum atomic E-state index is 0.801. The summed E-state index contributed by atoms with van der Waals surface area (Å²) in [4.78, 5) is 2.41. The lowest BCUT2D eigenvalue weighted by molar-refractivity contribution is 0.113. The first-order valence-corrected chi connectivity index (χ1v) is 6.82. The zero-order chi connectivity index (χ0) is 13.2. The molecule has 3 heteroatoms. The molecule has 1 aromatic rings. The molecule has 3 nitrogen and oxygen atoms in total. The Bertz CT molecular complexity index is 328. The molecule has 0 aliphatic heterocycles. The van der Waals surface area contributed by atoms with Gasteiger partial charge in [0.05, 0.1) is 6.61 Å². The molecule has 18 heavy (non-hydrogen) atoms. The molecule has 1 rings (SSSR count). The van der Waals surface area contributed by atoms with Crippen LogP contribution in [0.4, 0.5) is 0 Å². The van der Waals surface area contributed by atoms with E-state index in [1.165, 1.54) is 11.1 Å². The van der Waals surface area contributed by atoms with E-state index < -0.39 is 0 Å². The number of benzene rings is 1. The van der Waals surface area contributed by atoms with Gasteiger partial charge in [-0.25, -0.2) is 0 Å². The maximum atomic E-state index is 5.41. The van der Waals surface area contributed by atoms with E-state index in [9.17, 15) is 0 Å². The van der Waals surface area contributed by atoms with Crippen LogP contribution in [-0.4, -0.2) is 38.3 Å². The van der Waals surface area contributed by atoms with E-state index >= 15 is 0 Å². The van der Waals surface area contributed by atoms with Crippen molar-refractivity contribution in [3.8, 4) is 0 Å². The molecular formula is C15H26N2O. The Labute approximate surface area is 111 Å². The summed E-state index contributed by atoms with van der Waals surface area (Å²) in [6, 6.07) is 8.78. The first kappa shape index (κ1) is 15.2. The third kappa shape index (κ3) is 5.63. The first-order valence-electron chi connectivity index (χ1n) is 6.82. The van der Waals surface area contributed by atoms with E-state index in [2.05, 4.69) is 41.4 Å². The summed E-state index contributed by atoms with van der Waals surface area (Å²) in [7, 11) is 1.98. The molecule has 102 valence electrons.